The summed E-state index contributed by atoms with van der Waals surface area (Å²) in [6.45, 7) is 6.93. The van der Waals surface area contributed by atoms with E-state index in [1.807, 2.05) is 0 Å². The lowest BCUT2D eigenvalue weighted by atomic mass is 9.76. The molecule has 6 aromatic carbocycles. The molecule has 3 heteroatoms. The number of fused-ring (bicyclic) bond motifs is 8. The molecule has 2 aliphatic rings. The Morgan fingerprint density at radius 3 is 1.96 bits per heavy atom. The quantitative estimate of drug-likeness (QED) is 0.178. The molecule has 1 nitrogen and oxygen atoms in total. The first kappa shape index (κ1) is 28.3. The minimum atomic E-state index is -0.775. The molecule has 0 amide bonds. The van der Waals surface area contributed by atoms with E-state index >= 15 is 0 Å². The third kappa shape index (κ3) is 4.47. The van der Waals surface area contributed by atoms with Gasteiger partial charge in [0.1, 0.15) is 5.75 Å². The smallest absolute Gasteiger partial charge is 0.178 e. The number of aryl methyl sites for hydroxylation is 1. The average molecular weight is 619 g/mol. The summed E-state index contributed by atoms with van der Waals surface area (Å²) in [5.74, 6) is 0.959. The SMILES string of the molecule is CSc1ccc(C2(c3ccc(Sc4ccccc4)cc3)C=Cc3c4c(c5ccccc5c3O2)-c2ccc(C)cc2C4(C)C)cc1. The zero-order valence-corrected chi connectivity index (χ0v) is 27.6. The molecule has 0 spiro atoms. The molecule has 0 bridgehead atoms. The molecule has 6 aromatic rings. The van der Waals surface area contributed by atoms with E-state index < -0.39 is 5.60 Å². The standard InChI is InChI=1S/C42H34OS2/c1-27-14-23-35-37(26-27)41(2,3)39-36-24-25-42(28-15-19-30(44-4)20-16-28,43-40(36)34-13-9-8-12-33(34)38(35)39)29-17-21-32(22-18-29)45-31-10-6-5-7-11-31/h5-26H,1-4H3. The van der Waals surface area contributed by atoms with Gasteiger partial charge in [0.05, 0.1) is 0 Å². The zero-order chi connectivity index (χ0) is 30.8. The van der Waals surface area contributed by atoms with Gasteiger partial charge in [0.15, 0.2) is 5.60 Å². The molecule has 1 aliphatic heterocycles. The lowest BCUT2D eigenvalue weighted by Gasteiger charge is -2.38. The van der Waals surface area contributed by atoms with Crippen LogP contribution in [0, 0.1) is 6.92 Å². The van der Waals surface area contributed by atoms with Crippen LogP contribution in [0.3, 0.4) is 0 Å². The Bertz CT molecular complexity index is 2110. The number of hydrogen-bond acceptors (Lipinski definition) is 3. The predicted octanol–water partition coefficient (Wildman–Crippen LogP) is 11.7. The molecule has 0 saturated heterocycles. The number of benzene rings is 6. The fourth-order valence-corrected chi connectivity index (χ4v) is 8.51. The highest BCUT2D eigenvalue weighted by Gasteiger charge is 2.44. The highest BCUT2D eigenvalue weighted by atomic mass is 32.2. The maximum atomic E-state index is 7.48. The van der Waals surface area contributed by atoms with Crippen molar-refractivity contribution in [1.82, 2.24) is 0 Å². The minimum absolute atomic E-state index is 0.158. The summed E-state index contributed by atoms with van der Waals surface area (Å²) in [6, 6.07) is 44.1. The van der Waals surface area contributed by atoms with Crippen molar-refractivity contribution in [1.29, 1.82) is 0 Å². The van der Waals surface area contributed by atoms with Crippen LogP contribution in [0.15, 0.2) is 142 Å². The monoisotopic (exact) mass is 618 g/mol. The summed E-state index contributed by atoms with van der Waals surface area (Å²) in [5, 5.41) is 2.40. The second-order valence-electron chi connectivity index (χ2n) is 12.6. The molecular weight excluding hydrogens is 585 g/mol. The molecule has 1 unspecified atom stereocenters. The lowest BCUT2D eigenvalue weighted by molar-refractivity contribution is 0.163. The van der Waals surface area contributed by atoms with E-state index in [2.05, 4.69) is 161 Å². The van der Waals surface area contributed by atoms with Crippen LogP contribution in [0.2, 0.25) is 0 Å². The Morgan fingerprint density at radius 1 is 0.644 bits per heavy atom. The third-order valence-corrected chi connectivity index (χ3v) is 11.2. The van der Waals surface area contributed by atoms with Gasteiger partial charge in [-0.1, -0.05) is 122 Å². The molecule has 0 radical (unpaired) electrons. The van der Waals surface area contributed by atoms with E-state index in [0.29, 0.717) is 0 Å². The molecule has 8 rings (SSSR count). The van der Waals surface area contributed by atoms with Crippen molar-refractivity contribution in [2.45, 2.75) is 46.5 Å². The van der Waals surface area contributed by atoms with Crippen LogP contribution in [0.1, 0.15) is 47.2 Å². The van der Waals surface area contributed by atoms with Crippen molar-refractivity contribution in [2.24, 2.45) is 0 Å². The van der Waals surface area contributed by atoms with Crippen LogP contribution in [-0.2, 0) is 11.0 Å². The minimum Gasteiger partial charge on any atom is -0.472 e. The summed E-state index contributed by atoms with van der Waals surface area (Å²) in [7, 11) is 0. The second-order valence-corrected chi connectivity index (χ2v) is 14.6. The second kappa shape index (κ2) is 10.7. The molecule has 1 atom stereocenters. The van der Waals surface area contributed by atoms with Crippen molar-refractivity contribution < 1.29 is 4.74 Å². The Hall–Kier alpha value is -4.18. The van der Waals surface area contributed by atoms with E-state index in [1.165, 1.54) is 53.5 Å². The van der Waals surface area contributed by atoms with E-state index in [4.69, 9.17) is 4.74 Å². The summed E-state index contributed by atoms with van der Waals surface area (Å²) < 4.78 is 7.48. The largest absolute Gasteiger partial charge is 0.472 e. The molecule has 45 heavy (non-hydrogen) atoms. The first-order chi connectivity index (χ1) is 21.9. The van der Waals surface area contributed by atoms with Gasteiger partial charge in [-0.05, 0) is 83.3 Å². The summed E-state index contributed by atoms with van der Waals surface area (Å²) in [4.78, 5) is 3.67. The van der Waals surface area contributed by atoms with Crippen LogP contribution < -0.4 is 4.74 Å². The Morgan fingerprint density at radius 2 is 1.27 bits per heavy atom. The predicted molar refractivity (Wildman–Crippen MR) is 192 cm³/mol. The molecule has 0 N–H and O–H groups in total. The van der Waals surface area contributed by atoms with Crippen molar-refractivity contribution in [3.63, 3.8) is 0 Å². The van der Waals surface area contributed by atoms with Crippen molar-refractivity contribution in [3.05, 3.63) is 161 Å². The number of thioether (sulfide) groups is 1. The first-order valence-corrected chi connectivity index (χ1v) is 17.5. The Labute approximate surface area is 274 Å². The van der Waals surface area contributed by atoms with Crippen molar-refractivity contribution >= 4 is 40.4 Å². The molecular formula is C42H34OS2. The lowest BCUT2D eigenvalue weighted by Crippen LogP contribution is -2.35. The van der Waals surface area contributed by atoms with Crippen LogP contribution in [0.5, 0.6) is 5.75 Å². The maximum absolute atomic E-state index is 7.48. The third-order valence-electron chi connectivity index (χ3n) is 9.48. The van der Waals surface area contributed by atoms with Gasteiger partial charge in [0, 0.05) is 42.2 Å². The van der Waals surface area contributed by atoms with Crippen LogP contribution in [0.25, 0.3) is 28.0 Å². The number of hydrogen-bond donors (Lipinski definition) is 0. The molecule has 0 aromatic heterocycles. The molecule has 0 fully saturated rings. The highest BCUT2D eigenvalue weighted by Crippen LogP contribution is 2.58. The molecule has 0 saturated carbocycles. The van der Waals surface area contributed by atoms with E-state index in [-0.39, 0.29) is 5.41 Å². The van der Waals surface area contributed by atoms with E-state index in [0.717, 1.165) is 22.3 Å². The van der Waals surface area contributed by atoms with Gasteiger partial charge in [-0.15, -0.1) is 11.8 Å². The fourth-order valence-electron chi connectivity index (χ4n) is 7.26. The molecule has 220 valence electrons. The Balaban J connectivity index is 1.33. The maximum Gasteiger partial charge on any atom is 0.178 e. The first-order valence-electron chi connectivity index (χ1n) is 15.5. The van der Waals surface area contributed by atoms with Gasteiger partial charge in [-0.2, -0.15) is 0 Å². The van der Waals surface area contributed by atoms with Gasteiger partial charge in [-0.25, -0.2) is 0 Å². The van der Waals surface area contributed by atoms with Gasteiger partial charge in [0.2, 0.25) is 0 Å². The summed E-state index contributed by atoms with van der Waals surface area (Å²) in [6.07, 6.45) is 6.76. The normalized spacial score (nSPS) is 17.4. The Kier molecular flexibility index (Phi) is 6.74. The van der Waals surface area contributed by atoms with Crippen molar-refractivity contribution in [3.8, 4) is 16.9 Å². The van der Waals surface area contributed by atoms with Crippen molar-refractivity contribution in [2.75, 3.05) is 6.26 Å². The number of ether oxygens (including phenoxy) is 1. The average Bonchev–Trinajstić information content (AvgIpc) is 3.31. The summed E-state index contributed by atoms with van der Waals surface area (Å²) >= 11 is 3.54. The fraction of sp³-hybridized carbons (Fsp3) is 0.143. The summed E-state index contributed by atoms with van der Waals surface area (Å²) in [5.41, 5.74) is 9.21. The molecule has 1 aliphatic carbocycles. The highest BCUT2D eigenvalue weighted by molar-refractivity contribution is 7.99. The van der Waals surface area contributed by atoms with Crippen LogP contribution in [0.4, 0.5) is 0 Å². The van der Waals surface area contributed by atoms with E-state index in [9.17, 15) is 0 Å². The van der Waals surface area contributed by atoms with Gasteiger partial charge < -0.3 is 4.74 Å². The topological polar surface area (TPSA) is 9.23 Å². The van der Waals surface area contributed by atoms with Crippen LogP contribution >= 0.6 is 23.5 Å². The van der Waals surface area contributed by atoms with Crippen LogP contribution in [-0.4, -0.2) is 6.26 Å². The zero-order valence-electron chi connectivity index (χ0n) is 25.9. The van der Waals surface area contributed by atoms with E-state index in [1.54, 1.807) is 23.5 Å². The molecule has 1 heterocycles. The van der Waals surface area contributed by atoms with Gasteiger partial charge in [0.25, 0.3) is 0 Å². The van der Waals surface area contributed by atoms with Gasteiger partial charge in [-0.3, -0.25) is 0 Å². The number of rotatable bonds is 5. The van der Waals surface area contributed by atoms with Gasteiger partial charge >= 0.3 is 0 Å².